The topological polar surface area (TPSA) is 15.3 Å². The first-order chi connectivity index (χ1) is 5.43. The van der Waals surface area contributed by atoms with E-state index in [9.17, 15) is 0 Å². The van der Waals surface area contributed by atoms with Gasteiger partial charge in [0.25, 0.3) is 0 Å². The smallest absolute Gasteiger partial charge is 0.174 e. The average molecular weight is 152 g/mol. The standard InChI is InChI=1S/C9H16N2/c1-2-3-4-7-11-8-5-6-10-9-11/h5-6,10H,2-4,7-8H2,1H3. The Hall–Kier alpha value is -0.500. The molecule has 0 fully saturated rings. The molecule has 2 heteroatoms. The lowest BCUT2D eigenvalue weighted by Crippen LogP contribution is -2.31. The van der Waals surface area contributed by atoms with Crippen molar-refractivity contribution in [1.29, 1.82) is 0 Å². The number of nitrogens with one attached hydrogen (secondary N) is 1. The third-order valence-corrected chi connectivity index (χ3v) is 1.78. The summed E-state index contributed by atoms with van der Waals surface area (Å²) in [4.78, 5) is 2.18. The summed E-state index contributed by atoms with van der Waals surface area (Å²) >= 11 is 0. The van der Waals surface area contributed by atoms with Crippen molar-refractivity contribution in [1.82, 2.24) is 10.2 Å². The largest absolute Gasteiger partial charge is 0.367 e. The maximum Gasteiger partial charge on any atom is 0.174 e. The summed E-state index contributed by atoms with van der Waals surface area (Å²) in [6.07, 6.45) is 7.93. The molecular weight excluding hydrogens is 136 g/mol. The van der Waals surface area contributed by atoms with Crippen LogP contribution in [0.2, 0.25) is 0 Å². The highest BCUT2D eigenvalue weighted by Gasteiger charge is 2.04. The molecule has 0 aromatic heterocycles. The molecule has 0 saturated heterocycles. The van der Waals surface area contributed by atoms with E-state index in [4.69, 9.17) is 0 Å². The normalized spacial score (nSPS) is 18.3. The van der Waals surface area contributed by atoms with E-state index in [2.05, 4.69) is 29.9 Å². The second kappa shape index (κ2) is 5.19. The molecule has 0 bridgehead atoms. The Labute approximate surface area is 69.3 Å². The van der Waals surface area contributed by atoms with Crippen LogP contribution in [0.4, 0.5) is 0 Å². The average Bonchev–Trinajstić information content (AvgIpc) is 2.07. The maximum absolute atomic E-state index is 3.07. The van der Waals surface area contributed by atoms with Crippen molar-refractivity contribution in [3.05, 3.63) is 18.9 Å². The van der Waals surface area contributed by atoms with E-state index in [1.54, 1.807) is 0 Å². The van der Waals surface area contributed by atoms with E-state index in [0.717, 1.165) is 13.1 Å². The van der Waals surface area contributed by atoms with Gasteiger partial charge in [-0.25, -0.2) is 0 Å². The first kappa shape index (κ1) is 8.60. The van der Waals surface area contributed by atoms with E-state index in [0.29, 0.717) is 0 Å². The summed E-state index contributed by atoms with van der Waals surface area (Å²) in [5.41, 5.74) is 0. The van der Waals surface area contributed by atoms with Crippen LogP contribution in [-0.2, 0) is 0 Å². The molecule has 11 heavy (non-hydrogen) atoms. The van der Waals surface area contributed by atoms with E-state index >= 15 is 0 Å². The zero-order valence-electron chi connectivity index (χ0n) is 7.14. The van der Waals surface area contributed by atoms with Gasteiger partial charge < -0.3 is 5.32 Å². The SMILES string of the molecule is CCCCCN1[C]NC=CC1. The lowest BCUT2D eigenvalue weighted by Gasteiger charge is -2.21. The molecule has 1 aliphatic rings. The van der Waals surface area contributed by atoms with Gasteiger partial charge in [0.2, 0.25) is 0 Å². The van der Waals surface area contributed by atoms with Crippen LogP contribution in [0.25, 0.3) is 0 Å². The van der Waals surface area contributed by atoms with Crippen LogP contribution in [-0.4, -0.2) is 18.0 Å². The van der Waals surface area contributed by atoms with E-state index < -0.39 is 0 Å². The van der Waals surface area contributed by atoms with Gasteiger partial charge in [0.05, 0.1) is 0 Å². The fraction of sp³-hybridized carbons (Fsp3) is 0.667. The number of unbranched alkanes of at least 4 members (excludes halogenated alkanes) is 2. The highest BCUT2D eigenvalue weighted by Crippen LogP contribution is 2.01. The fourth-order valence-electron chi connectivity index (χ4n) is 1.11. The van der Waals surface area contributed by atoms with Crippen molar-refractivity contribution in [3.8, 4) is 0 Å². The van der Waals surface area contributed by atoms with Crippen molar-refractivity contribution < 1.29 is 0 Å². The second-order valence-electron chi connectivity index (χ2n) is 2.81. The summed E-state index contributed by atoms with van der Waals surface area (Å²) in [6, 6.07) is 0. The van der Waals surface area contributed by atoms with Gasteiger partial charge in [0, 0.05) is 13.1 Å². The molecule has 1 heterocycles. The van der Waals surface area contributed by atoms with Crippen molar-refractivity contribution in [2.75, 3.05) is 13.1 Å². The van der Waals surface area contributed by atoms with Gasteiger partial charge in [-0.1, -0.05) is 25.8 Å². The Kier molecular flexibility index (Phi) is 4.06. The Morgan fingerprint density at radius 3 is 3.09 bits per heavy atom. The van der Waals surface area contributed by atoms with Crippen LogP contribution in [0.15, 0.2) is 12.3 Å². The molecule has 0 aromatic carbocycles. The summed E-state index contributed by atoms with van der Waals surface area (Å²) in [5.74, 6) is 0. The van der Waals surface area contributed by atoms with E-state index in [-0.39, 0.29) is 0 Å². The third-order valence-electron chi connectivity index (χ3n) is 1.78. The van der Waals surface area contributed by atoms with Crippen LogP contribution < -0.4 is 5.32 Å². The number of nitrogens with zero attached hydrogens (tertiary/aromatic N) is 1. The van der Waals surface area contributed by atoms with Crippen molar-refractivity contribution in [2.24, 2.45) is 0 Å². The highest BCUT2D eigenvalue weighted by molar-refractivity contribution is 4.92. The first-order valence-electron chi connectivity index (χ1n) is 4.34. The molecule has 0 aliphatic carbocycles. The summed E-state index contributed by atoms with van der Waals surface area (Å²) < 4.78 is 0. The van der Waals surface area contributed by atoms with Gasteiger partial charge in [0.15, 0.2) is 6.67 Å². The first-order valence-corrected chi connectivity index (χ1v) is 4.34. The van der Waals surface area contributed by atoms with Gasteiger partial charge in [-0.2, -0.15) is 0 Å². The molecule has 2 nitrogen and oxygen atoms in total. The van der Waals surface area contributed by atoms with E-state index in [1.165, 1.54) is 19.3 Å². The van der Waals surface area contributed by atoms with Gasteiger partial charge in [0.1, 0.15) is 0 Å². The minimum absolute atomic E-state index is 1.01. The summed E-state index contributed by atoms with van der Waals surface area (Å²) in [7, 11) is 0. The maximum atomic E-state index is 3.07. The Bertz CT molecular complexity index is 121. The second-order valence-corrected chi connectivity index (χ2v) is 2.81. The minimum Gasteiger partial charge on any atom is -0.367 e. The Morgan fingerprint density at radius 1 is 1.55 bits per heavy atom. The van der Waals surface area contributed by atoms with Gasteiger partial charge in [-0.3, -0.25) is 4.90 Å². The quantitative estimate of drug-likeness (QED) is 0.615. The molecule has 1 rings (SSSR count). The molecule has 0 aromatic rings. The van der Waals surface area contributed by atoms with Crippen LogP contribution >= 0.6 is 0 Å². The van der Waals surface area contributed by atoms with Crippen LogP contribution in [0.5, 0.6) is 0 Å². The monoisotopic (exact) mass is 152 g/mol. The summed E-state index contributed by atoms with van der Waals surface area (Å²) in [5, 5.41) is 2.96. The summed E-state index contributed by atoms with van der Waals surface area (Å²) in [6.45, 7) is 7.44. The van der Waals surface area contributed by atoms with Gasteiger partial charge >= 0.3 is 0 Å². The molecule has 62 valence electrons. The van der Waals surface area contributed by atoms with Gasteiger partial charge in [-0.05, 0) is 12.6 Å². The fourth-order valence-corrected chi connectivity index (χ4v) is 1.11. The molecule has 1 aliphatic heterocycles. The predicted octanol–water partition coefficient (Wildman–Crippen LogP) is 1.59. The van der Waals surface area contributed by atoms with Crippen molar-refractivity contribution >= 4 is 0 Å². The lowest BCUT2D eigenvalue weighted by molar-refractivity contribution is 0.332. The lowest BCUT2D eigenvalue weighted by atomic mass is 10.2. The van der Waals surface area contributed by atoms with Crippen molar-refractivity contribution in [2.45, 2.75) is 26.2 Å². The molecule has 0 saturated carbocycles. The number of hydrogen-bond acceptors (Lipinski definition) is 2. The molecular formula is C9H16N2. The highest BCUT2D eigenvalue weighted by atomic mass is 15.2. The molecule has 1 N–H and O–H groups in total. The molecule has 0 spiro atoms. The Morgan fingerprint density at radius 2 is 2.45 bits per heavy atom. The van der Waals surface area contributed by atoms with Crippen LogP contribution in [0, 0.1) is 6.67 Å². The zero-order chi connectivity index (χ0) is 7.94. The van der Waals surface area contributed by atoms with Gasteiger partial charge in [-0.15, -0.1) is 0 Å². The molecule has 0 amide bonds. The van der Waals surface area contributed by atoms with Crippen LogP contribution in [0.1, 0.15) is 26.2 Å². The third kappa shape index (κ3) is 3.42. The molecule has 0 unspecified atom stereocenters. The number of hydrogen-bond donors (Lipinski definition) is 1. The molecule has 2 radical (unpaired) electrons. The predicted molar refractivity (Wildman–Crippen MR) is 46.6 cm³/mol. The number of rotatable bonds is 4. The van der Waals surface area contributed by atoms with Crippen molar-refractivity contribution in [3.63, 3.8) is 0 Å². The minimum atomic E-state index is 1.01. The zero-order valence-corrected chi connectivity index (χ0v) is 7.14. The van der Waals surface area contributed by atoms with E-state index in [1.807, 2.05) is 6.20 Å². The Balaban J connectivity index is 2.02. The van der Waals surface area contributed by atoms with Crippen LogP contribution in [0.3, 0.4) is 0 Å². The molecule has 0 atom stereocenters.